The summed E-state index contributed by atoms with van der Waals surface area (Å²) in [5, 5.41) is 5.28. The van der Waals surface area contributed by atoms with Crippen molar-refractivity contribution in [1.82, 2.24) is 9.78 Å². The molecule has 0 radical (unpaired) electrons. The van der Waals surface area contributed by atoms with Crippen LogP contribution in [0.15, 0.2) is 36.5 Å². The molecule has 142 valence electrons. The third-order valence-electron chi connectivity index (χ3n) is 3.15. The van der Waals surface area contributed by atoms with Crippen LogP contribution in [0.5, 0.6) is 0 Å². The number of carbonyl (C=O) groups excluding carboxylic acids is 1. The molecule has 4 nitrogen and oxygen atoms in total. The highest BCUT2D eigenvalue weighted by atomic mass is 35.5. The van der Waals surface area contributed by atoms with Crippen molar-refractivity contribution in [3.8, 4) is 0 Å². The van der Waals surface area contributed by atoms with E-state index in [-0.39, 0.29) is 6.54 Å². The van der Waals surface area contributed by atoms with Crippen LogP contribution in [0.4, 0.5) is 36.6 Å². The fourth-order valence-corrected chi connectivity index (χ4v) is 2.07. The third kappa shape index (κ3) is 3.92. The number of carbonyl (C=O) groups is 1. The van der Waals surface area contributed by atoms with Gasteiger partial charge in [0, 0.05) is 17.3 Å². The summed E-state index contributed by atoms with van der Waals surface area (Å²) in [6.45, 7) is 0.0888. The molecule has 1 aromatic carbocycles. The number of rotatable bonds is 5. The Morgan fingerprint density at radius 3 is 2.35 bits per heavy atom. The quantitative estimate of drug-likeness (QED) is 0.754. The molecule has 0 atom stereocenters. The SMILES string of the molecule is O=C(Nc1ccn(Cc2cccc(Cl)c2)n1)C(F)(F)C(F)(F)C(F)(F)F. The van der Waals surface area contributed by atoms with Crippen molar-refractivity contribution < 1.29 is 35.5 Å². The fraction of sp³-hybridized carbons (Fsp3) is 0.286. The fourth-order valence-electron chi connectivity index (χ4n) is 1.85. The van der Waals surface area contributed by atoms with Gasteiger partial charge >= 0.3 is 23.9 Å². The van der Waals surface area contributed by atoms with Crippen LogP contribution in [0.3, 0.4) is 0 Å². The van der Waals surface area contributed by atoms with Crippen LogP contribution < -0.4 is 5.32 Å². The smallest absolute Gasteiger partial charge is 0.304 e. The van der Waals surface area contributed by atoms with Crippen LogP contribution in [-0.2, 0) is 11.3 Å². The monoisotopic (exact) mass is 403 g/mol. The van der Waals surface area contributed by atoms with E-state index in [1.807, 2.05) is 0 Å². The van der Waals surface area contributed by atoms with Crippen molar-refractivity contribution in [2.24, 2.45) is 0 Å². The van der Waals surface area contributed by atoms with Crippen molar-refractivity contribution in [3.63, 3.8) is 0 Å². The number of nitrogens with one attached hydrogen (secondary N) is 1. The molecule has 0 unspecified atom stereocenters. The molecule has 0 aliphatic rings. The summed E-state index contributed by atoms with van der Waals surface area (Å²) >= 11 is 5.78. The summed E-state index contributed by atoms with van der Waals surface area (Å²) in [6.07, 6.45) is -5.39. The first-order valence-electron chi connectivity index (χ1n) is 6.76. The van der Waals surface area contributed by atoms with Crippen LogP contribution in [0.2, 0.25) is 5.02 Å². The van der Waals surface area contributed by atoms with Crippen LogP contribution in [0, 0.1) is 0 Å². The Bertz CT molecular complexity index is 804. The average molecular weight is 404 g/mol. The molecule has 2 rings (SSSR count). The molecule has 1 amide bonds. The number of nitrogens with zero attached hydrogens (tertiary/aromatic N) is 2. The summed E-state index contributed by atoms with van der Waals surface area (Å²) in [6, 6.07) is 7.42. The maximum atomic E-state index is 13.2. The number of amides is 1. The van der Waals surface area contributed by atoms with Gasteiger partial charge in [0.05, 0.1) is 6.54 Å². The molecule has 0 saturated carbocycles. The van der Waals surface area contributed by atoms with E-state index < -0.39 is 29.7 Å². The molecule has 12 heteroatoms. The molecule has 1 N–H and O–H groups in total. The molecule has 1 heterocycles. The summed E-state index contributed by atoms with van der Waals surface area (Å²) in [7, 11) is 0. The molecule has 26 heavy (non-hydrogen) atoms. The second-order valence-electron chi connectivity index (χ2n) is 5.13. The maximum absolute atomic E-state index is 13.2. The topological polar surface area (TPSA) is 46.9 Å². The minimum Gasteiger partial charge on any atom is -0.304 e. The number of alkyl halides is 7. The molecular formula is C14H9ClF7N3O. The number of hydrogen-bond donors (Lipinski definition) is 1. The number of hydrogen-bond acceptors (Lipinski definition) is 2. The molecule has 2 aromatic rings. The van der Waals surface area contributed by atoms with Gasteiger partial charge in [-0.3, -0.25) is 9.48 Å². The number of benzene rings is 1. The van der Waals surface area contributed by atoms with Crippen molar-refractivity contribution in [2.45, 2.75) is 24.6 Å². The van der Waals surface area contributed by atoms with Gasteiger partial charge in [0.25, 0.3) is 0 Å². The summed E-state index contributed by atoms with van der Waals surface area (Å²) in [5.41, 5.74) is 0.646. The summed E-state index contributed by atoms with van der Waals surface area (Å²) < 4.78 is 89.5. The zero-order chi connectivity index (χ0) is 19.8. The van der Waals surface area contributed by atoms with Gasteiger partial charge < -0.3 is 5.32 Å². The Morgan fingerprint density at radius 1 is 1.12 bits per heavy atom. The first kappa shape index (κ1) is 20.0. The highest BCUT2D eigenvalue weighted by Gasteiger charge is 2.76. The zero-order valence-electron chi connectivity index (χ0n) is 12.5. The van der Waals surface area contributed by atoms with Crippen molar-refractivity contribution in [3.05, 3.63) is 47.1 Å². The van der Waals surface area contributed by atoms with E-state index in [1.165, 1.54) is 11.5 Å². The Morgan fingerprint density at radius 2 is 1.77 bits per heavy atom. The molecule has 0 saturated heterocycles. The van der Waals surface area contributed by atoms with Crippen LogP contribution >= 0.6 is 11.6 Å². The van der Waals surface area contributed by atoms with Gasteiger partial charge in [0.15, 0.2) is 5.82 Å². The van der Waals surface area contributed by atoms with Crippen LogP contribution in [-0.4, -0.2) is 33.7 Å². The predicted octanol–water partition coefficient (Wildman–Crippen LogP) is 4.36. The highest BCUT2D eigenvalue weighted by Crippen LogP contribution is 2.46. The normalized spacial score (nSPS) is 12.9. The van der Waals surface area contributed by atoms with E-state index in [0.717, 1.165) is 10.7 Å². The predicted molar refractivity (Wildman–Crippen MR) is 77.4 cm³/mol. The lowest BCUT2D eigenvalue weighted by Gasteiger charge is -2.26. The van der Waals surface area contributed by atoms with Crippen molar-refractivity contribution >= 4 is 23.3 Å². The van der Waals surface area contributed by atoms with Gasteiger partial charge in [-0.05, 0) is 17.7 Å². The Labute approximate surface area is 146 Å². The van der Waals surface area contributed by atoms with Gasteiger partial charge in [-0.25, -0.2) is 0 Å². The van der Waals surface area contributed by atoms with Gasteiger partial charge in [-0.15, -0.1) is 0 Å². The molecule has 0 aliphatic carbocycles. The summed E-state index contributed by atoms with van der Waals surface area (Å²) in [5.74, 6) is -16.0. The third-order valence-corrected chi connectivity index (χ3v) is 3.39. The lowest BCUT2D eigenvalue weighted by molar-refractivity contribution is -0.343. The average Bonchev–Trinajstić information content (AvgIpc) is 2.92. The standard InChI is InChI=1S/C14H9ClF7N3O/c15-9-3-1-2-8(6-9)7-25-5-4-10(24-25)23-11(26)12(16,17)13(18,19)14(20,21)22/h1-6H,7H2,(H,23,24,26). The van der Waals surface area contributed by atoms with Crippen molar-refractivity contribution in [2.75, 3.05) is 5.32 Å². The van der Waals surface area contributed by atoms with Crippen molar-refractivity contribution in [1.29, 1.82) is 0 Å². The van der Waals surface area contributed by atoms with E-state index in [9.17, 15) is 35.5 Å². The maximum Gasteiger partial charge on any atom is 0.460 e. The minimum absolute atomic E-state index is 0.0888. The Kier molecular flexibility index (Phi) is 5.22. The Balaban J connectivity index is 2.12. The number of halogens is 8. The van der Waals surface area contributed by atoms with E-state index in [4.69, 9.17) is 11.6 Å². The highest BCUT2D eigenvalue weighted by molar-refractivity contribution is 6.30. The molecule has 0 spiro atoms. The van der Waals surface area contributed by atoms with Crippen LogP contribution in [0.1, 0.15) is 5.56 Å². The zero-order valence-corrected chi connectivity index (χ0v) is 13.3. The van der Waals surface area contributed by atoms with Gasteiger partial charge in [0.2, 0.25) is 0 Å². The second kappa shape index (κ2) is 6.78. The largest absolute Gasteiger partial charge is 0.460 e. The molecule has 0 bridgehead atoms. The Hall–Kier alpha value is -2.30. The van der Waals surface area contributed by atoms with E-state index in [1.54, 1.807) is 24.3 Å². The van der Waals surface area contributed by atoms with E-state index >= 15 is 0 Å². The van der Waals surface area contributed by atoms with Gasteiger partial charge in [-0.2, -0.15) is 35.8 Å². The lowest BCUT2D eigenvalue weighted by atomic mass is 10.1. The van der Waals surface area contributed by atoms with Gasteiger partial charge in [0.1, 0.15) is 0 Å². The molecule has 0 aliphatic heterocycles. The number of aromatic nitrogens is 2. The van der Waals surface area contributed by atoms with E-state index in [2.05, 4.69) is 5.10 Å². The van der Waals surface area contributed by atoms with E-state index in [0.29, 0.717) is 10.6 Å². The second-order valence-corrected chi connectivity index (χ2v) is 5.57. The number of anilines is 1. The van der Waals surface area contributed by atoms with Gasteiger partial charge in [-0.1, -0.05) is 23.7 Å². The van der Waals surface area contributed by atoms with Crippen LogP contribution in [0.25, 0.3) is 0 Å². The summed E-state index contributed by atoms with van der Waals surface area (Å²) in [4.78, 5) is 11.2. The molecule has 0 fully saturated rings. The minimum atomic E-state index is -6.60. The first-order valence-corrected chi connectivity index (χ1v) is 7.14. The lowest BCUT2D eigenvalue weighted by Crippen LogP contribution is -2.57. The molecule has 1 aromatic heterocycles. The molecular weight excluding hydrogens is 395 g/mol. The first-order chi connectivity index (χ1) is 11.8.